The van der Waals surface area contributed by atoms with Crippen LogP contribution in [0, 0.1) is 0 Å². The predicted octanol–water partition coefficient (Wildman–Crippen LogP) is 5.58. The minimum absolute atomic E-state index is 0.296. The second-order valence-electron chi connectivity index (χ2n) is 6.53. The molecule has 0 fully saturated rings. The molecule has 28 heavy (non-hydrogen) atoms. The lowest BCUT2D eigenvalue weighted by Crippen LogP contribution is -2.19. The van der Waals surface area contributed by atoms with Crippen molar-refractivity contribution >= 4 is 49.9 Å². The van der Waals surface area contributed by atoms with E-state index in [-0.39, 0.29) is 6.03 Å². The summed E-state index contributed by atoms with van der Waals surface area (Å²) in [7, 11) is 0. The summed E-state index contributed by atoms with van der Waals surface area (Å²) in [6.07, 6.45) is 5.27. The van der Waals surface area contributed by atoms with Crippen molar-refractivity contribution in [1.29, 1.82) is 0 Å². The monoisotopic (exact) mass is 364 g/mol. The van der Waals surface area contributed by atoms with Crippen molar-refractivity contribution in [2.75, 3.05) is 10.6 Å². The Morgan fingerprint density at radius 1 is 0.714 bits per heavy atom. The first kappa shape index (κ1) is 16.2. The van der Waals surface area contributed by atoms with E-state index >= 15 is 0 Å². The molecular formula is C23H16N4O. The second-order valence-corrected chi connectivity index (χ2v) is 6.53. The van der Waals surface area contributed by atoms with Crippen LogP contribution in [0.2, 0.25) is 0 Å². The van der Waals surface area contributed by atoms with E-state index in [1.165, 1.54) is 0 Å². The molecule has 0 unspecified atom stereocenters. The summed E-state index contributed by atoms with van der Waals surface area (Å²) in [5, 5.41) is 10.8. The number of carbonyl (C=O) groups excluding carboxylic acids is 1. The van der Waals surface area contributed by atoms with Crippen molar-refractivity contribution in [1.82, 2.24) is 9.97 Å². The van der Waals surface area contributed by atoms with E-state index in [9.17, 15) is 4.79 Å². The smallest absolute Gasteiger partial charge is 0.307 e. The van der Waals surface area contributed by atoms with E-state index in [2.05, 4.69) is 20.6 Å². The van der Waals surface area contributed by atoms with Gasteiger partial charge in [0.15, 0.2) is 0 Å². The molecule has 2 aromatic heterocycles. The molecular weight excluding hydrogens is 348 g/mol. The summed E-state index contributed by atoms with van der Waals surface area (Å²) in [5.74, 6) is 0. The van der Waals surface area contributed by atoms with Gasteiger partial charge in [0.1, 0.15) is 0 Å². The third-order valence-corrected chi connectivity index (χ3v) is 4.79. The van der Waals surface area contributed by atoms with Crippen LogP contribution in [-0.4, -0.2) is 16.0 Å². The molecule has 5 aromatic rings. The van der Waals surface area contributed by atoms with Gasteiger partial charge in [-0.1, -0.05) is 36.4 Å². The van der Waals surface area contributed by atoms with Gasteiger partial charge in [0.2, 0.25) is 0 Å². The maximum atomic E-state index is 12.8. The van der Waals surface area contributed by atoms with E-state index in [1.807, 2.05) is 66.7 Å². The van der Waals surface area contributed by atoms with E-state index in [4.69, 9.17) is 0 Å². The molecule has 0 aliphatic heterocycles. The highest BCUT2D eigenvalue weighted by Crippen LogP contribution is 2.30. The van der Waals surface area contributed by atoms with Crippen molar-refractivity contribution in [2.24, 2.45) is 0 Å². The van der Waals surface area contributed by atoms with Gasteiger partial charge in [0.05, 0.1) is 16.9 Å². The molecule has 5 rings (SSSR count). The van der Waals surface area contributed by atoms with Crippen LogP contribution in [0.25, 0.3) is 32.4 Å². The number of hydrogen-bond acceptors (Lipinski definition) is 3. The summed E-state index contributed by atoms with van der Waals surface area (Å²) in [5.41, 5.74) is 2.29. The van der Waals surface area contributed by atoms with Crippen LogP contribution in [0.5, 0.6) is 0 Å². The molecule has 0 saturated heterocycles. The predicted molar refractivity (Wildman–Crippen MR) is 114 cm³/mol. The largest absolute Gasteiger partial charge is 0.323 e. The number of nitrogens with one attached hydrogen (secondary N) is 2. The first-order valence-electron chi connectivity index (χ1n) is 8.97. The van der Waals surface area contributed by atoms with Crippen molar-refractivity contribution in [3.8, 4) is 0 Å². The average molecular weight is 364 g/mol. The Morgan fingerprint density at radius 2 is 1.54 bits per heavy atom. The van der Waals surface area contributed by atoms with Crippen LogP contribution in [-0.2, 0) is 0 Å². The number of aromatic nitrogens is 2. The highest BCUT2D eigenvalue weighted by atomic mass is 16.2. The number of hydrogen-bond donors (Lipinski definition) is 2. The average Bonchev–Trinajstić information content (AvgIpc) is 2.74. The second kappa shape index (κ2) is 6.63. The Hall–Kier alpha value is -3.99. The van der Waals surface area contributed by atoms with Crippen LogP contribution >= 0.6 is 0 Å². The molecule has 0 spiro atoms. The van der Waals surface area contributed by atoms with Gasteiger partial charge in [-0.2, -0.15) is 0 Å². The van der Waals surface area contributed by atoms with Crippen molar-refractivity contribution in [3.05, 3.63) is 85.3 Å². The van der Waals surface area contributed by atoms with E-state index < -0.39 is 0 Å². The summed E-state index contributed by atoms with van der Waals surface area (Å²) in [4.78, 5) is 21.4. The lowest BCUT2D eigenvalue weighted by Gasteiger charge is -2.13. The van der Waals surface area contributed by atoms with Crippen LogP contribution in [0.15, 0.2) is 85.3 Å². The summed E-state index contributed by atoms with van der Waals surface area (Å²) in [6.45, 7) is 0. The number of fused-ring (bicyclic) bond motifs is 4. The SMILES string of the molecule is O=C(Nc1cccc2ccccc12)Nc1cc2ccncc2c2ncccc12. The first-order chi connectivity index (χ1) is 13.8. The number of amides is 2. The highest BCUT2D eigenvalue weighted by molar-refractivity contribution is 6.15. The topological polar surface area (TPSA) is 66.9 Å². The number of urea groups is 1. The van der Waals surface area contributed by atoms with Crippen molar-refractivity contribution in [3.63, 3.8) is 0 Å². The Balaban J connectivity index is 1.53. The number of anilines is 2. The Labute approximate surface area is 161 Å². The molecule has 0 bridgehead atoms. The molecule has 0 saturated carbocycles. The molecule has 0 aliphatic carbocycles. The van der Waals surface area contributed by atoms with E-state index in [0.29, 0.717) is 5.69 Å². The van der Waals surface area contributed by atoms with Gasteiger partial charge in [0, 0.05) is 34.7 Å². The third kappa shape index (κ3) is 2.79. The normalized spacial score (nSPS) is 11.0. The molecule has 3 aromatic carbocycles. The molecule has 134 valence electrons. The Morgan fingerprint density at radius 3 is 2.50 bits per heavy atom. The quantitative estimate of drug-likeness (QED) is 0.402. The van der Waals surface area contributed by atoms with Crippen LogP contribution in [0.4, 0.5) is 16.2 Å². The zero-order chi connectivity index (χ0) is 18.9. The van der Waals surface area contributed by atoms with E-state index in [0.717, 1.165) is 38.1 Å². The lowest BCUT2D eigenvalue weighted by molar-refractivity contribution is 0.262. The maximum Gasteiger partial charge on any atom is 0.323 e. The molecule has 2 amide bonds. The fraction of sp³-hybridized carbons (Fsp3) is 0. The molecule has 5 heteroatoms. The minimum Gasteiger partial charge on any atom is -0.307 e. The van der Waals surface area contributed by atoms with Gasteiger partial charge < -0.3 is 10.6 Å². The van der Waals surface area contributed by atoms with Gasteiger partial charge in [-0.05, 0) is 41.1 Å². The summed E-state index contributed by atoms with van der Waals surface area (Å²) >= 11 is 0. The number of rotatable bonds is 2. The van der Waals surface area contributed by atoms with Gasteiger partial charge in [-0.25, -0.2) is 4.79 Å². The van der Waals surface area contributed by atoms with Gasteiger partial charge in [-0.15, -0.1) is 0 Å². The highest BCUT2D eigenvalue weighted by Gasteiger charge is 2.11. The van der Waals surface area contributed by atoms with Gasteiger partial charge in [0.25, 0.3) is 0 Å². The fourth-order valence-corrected chi connectivity index (χ4v) is 3.51. The molecule has 5 nitrogen and oxygen atoms in total. The lowest BCUT2D eigenvalue weighted by atomic mass is 10.1. The Kier molecular flexibility index (Phi) is 3.84. The third-order valence-electron chi connectivity index (χ3n) is 4.79. The number of carbonyl (C=O) groups is 1. The van der Waals surface area contributed by atoms with Crippen LogP contribution in [0.3, 0.4) is 0 Å². The summed E-state index contributed by atoms with van der Waals surface area (Å²) < 4.78 is 0. The zero-order valence-corrected chi connectivity index (χ0v) is 14.9. The molecule has 0 radical (unpaired) electrons. The van der Waals surface area contributed by atoms with Crippen molar-refractivity contribution in [2.45, 2.75) is 0 Å². The van der Waals surface area contributed by atoms with Crippen LogP contribution < -0.4 is 10.6 Å². The minimum atomic E-state index is -0.296. The maximum absolute atomic E-state index is 12.8. The van der Waals surface area contributed by atoms with Gasteiger partial charge >= 0.3 is 6.03 Å². The molecule has 2 N–H and O–H groups in total. The number of pyridine rings is 2. The summed E-state index contributed by atoms with van der Waals surface area (Å²) in [6, 6.07) is 21.2. The Bertz CT molecular complexity index is 1340. The van der Waals surface area contributed by atoms with E-state index in [1.54, 1.807) is 18.6 Å². The number of nitrogens with zero attached hydrogens (tertiary/aromatic N) is 2. The molecule has 0 aliphatic rings. The van der Waals surface area contributed by atoms with Gasteiger partial charge in [-0.3, -0.25) is 9.97 Å². The van der Waals surface area contributed by atoms with Crippen LogP contribution in [0.1, 0.15) is 0 Å². The zero-order valence-electron chi connectivity index (χ0n) is 14.9. The molecule has 2 heterocycles. The molecule has 0 atom stereocenters. The number of benzene rings is 3. The fourth-order valence-electron chi connectivity index (χ4n) is 3.51. The van der Waals surface area contributed by atoms with Crippen molar-refractivity contribution < 1.29 is 4.79 Å². The first-order valence-corrected chi connectivity index (χ1v) is 8.97. The standard InChI is InChI=1S/C23H16N4O/c28-23(26-20-9-3-6-15-5-1-2-7-17(15)20)27-21-13-16-10-12-24-14-19(16)22-18(21)8-4-11-25-22/h1-14H,(H2,26,27,28).